The van der Waals surface area contributed by atoms with E-state index in [4.69, 9.17) is 9.47 Å². The lowest BCUT2D eigenvalue weighted by molar-refractivity contribution is 0.0876. The van der Waals surface area contributed by atoms with Gasteiger partial charge in [-0.05, 0) is 37.8 Å². The summed E-state index contributed by atoms with van der Waals surface area (Å²) < 4.78 is 12.1. The van der Waals surface area contributed by atoms with Gasteiger partial charge in [-0.3, -0.25) is 4.79 Å². The van der Waals surface area contributed by atoms with E-state index < -0.39 is 0 Å². The standard InChI is InChI=1S/C16H20N2O2.C4H8O/c1-18-14-10-12(20-2)8-9-13(14)17-16(18)15(19)11-6-4-3-5-7-11;1-2-4-5-3-1/h8-11H,3-7H2,1-2H3;1-4H2. The summed E-state index contributed by atoms with van der Waals surface area (Å²) in [5.74, 6) is 1.72. The van der Waals surface area contributed by atoms with Crippen molar-refractivity contribution in [3.63, 3.8) is 0 Å². The molecule has 4 rings (SSSR count). The van der Waals surface area contributed by atoms with Crippen molar-refractivity contribution in [2.45, 2.75) is 44.9 Å². The summed E-state index contributed by atoms with van der Waals surface area (Å²) >= 11 is 0. The number of carbonyl (C=O) groups is 1. The molecular formula is C20H28N2O3. The zero-order valence-electron chi connectivity index (χ0n) is 15.3. The van der Waals surface area contributed by atoms with Crippen LogP contribution >= 0.6 is 0 Å². The van der Waals surface area contributed by atoms with Crippen molar-refractivity contribution in [1.82, 2.24) is 9.55 Å². The van der Waals surface area contributed by atoms with Crippen molar-refractivity contribution >= 4 is 16.8 Å². The highest BCUT2D eigenvalue weighted by atomic mass is 16.5. The van der Waals surface area contributed by atoms with Crippen LogP contribution in [0.4, 0.5) is 0 Å². The average molecular weight is 344 g/mol. The Morgan fingerprint density at radius 3 is 2.48 bits per heavy atom. The number of benzene rings is 1. The fourth-order valence-corrected chi connectivity index (χ4v) is 3.57. The topological polar surface area (TPSA) is 53.4 Å². The minimum absolute atomic E-state index is 0.154. The van der Waals surface area contributed by atoms with Gasteiger partial charge < -0.3 is 14.0 Å². The van der Waals surface area contributed by atoms with Crippen LogP contribution in [0.25, 0.3) is 11.0 Å². The van der Waals surface area contributed by atoms with Gasteiger partial charge in [0.2, 0.25) is 5.78 Å². The van der Waals surface area contributed by atoms with Crippen LogP contribution in [0.1, 0.15) is 55.6 Å². The molecule has 0 atom stereocenters. The van der Waals surface area contributed by atoms with Gasteiger partial charge in [0.25, 0.3) is 0 Å². The third kappa shape index (κ3) is 4.21. The van der Waals surface area contributed by atoms with Gasteiger partial charge in [-0.15, -0.1) is 0 Å². The predicted octanol–water partition coefficient (Wildman–Crippen LogP) is 4.14. The van der Waals surface area contributed by atoms with E-state index in [2.05, 4.69) is 4.98 Å². The molecule has 1 aromatic carbocycles. The third-order valence-electron chi connectivity index (χ3n) is 5.11. The molecule has 1 aliphatic heterocycles. The van der Waals surface area contributed by atoms with Crippen LogP contribution in [0.15, 0.2) is 18.2 Å². The van der Waals surface area contributed by atoms with E-state index in [-0.39, 0.29) is 11.7 Å². The van der Waals surface area contributed by atoms with Crippen LogP contribution < -0.4 is 4.74 Å². The maximum Gasteiger partial charge on any atom is 0.201 e. The largest absolute Gasteiger partial charge is 0.497 e. The highest BCUT2D eigenvalue weighted by Crippen LogP contribution is 2.28. The summed E-state index contributed by atoms with van der Waals surface area (Å²) in [6.07, 6.45) is 8.14. The second kappa shape index (κ2) is 8.48. The van der Waals surface area contributed by atoms with Crippen molar-refractivity contribution < 1.29 is 14.3 Å². The lowest BCUT2D eigenvalue weighted by Gasteiger charge is -2.19. The molecule has 0 N–H and O–H groups in total. The minimum atomic E-state index is 0.154. The van der Waals surface area contributed by atoms with E-state index in [1.54, 1.807) is 7.11 Å². The van der Waals surface area contributed by atoms with Crippen LogP contribution in [0.3, 0.4) is 0 Å². The van der Waals surface area contributed by atoms with Crippen molar-refractivity contribution in [2.24, 2.45) is 13.0 Å². The molecule has 1 aliphatic carbocycles. The smallest absolute Gasteiger partial charge is 0.201 e. The highest BCUT2D eigenvalue weighted by molar-refractivity contribution is 5.98. The molecule has 136 valence electrons. The Balaban J connectivity index is 0.000000314. The van der Waals surface area contributed by atoms with E-state index in [9.17, 15) is 4.79 Å². The SMILES string of the molecule is C1CCOC1.COc1ccc2nc(C(=O)C3CCCCC3)n(C)c2c1. The molecule has 2 aromatic rings. The number of hydrogen-bond donors (Lipinski definition) is 0. The molecule has 25 heavy (non-hydrogen) atoms. The van der Waals surface area contributed by atoms with Crippen molar-refractivity contribution in [3.8, 4) is 5.75 Å². The quantitative estimate of drug-likeness (QED) is 0.785. The maximum absolute atomic E-state index is 12.6. The number of methoxy groups -OCH3 is 1. The molecule has 0 spiro atoms. The molecule has 0 radical (unpaired) electrons. The Hall–Kier alpha value is -1.88. The lowest BCUT2D eigenvalue weighted by Crippen LogP contribution is -2.21. The number of Topliss-reactive ketones (excluding diaryl/α,β-unsaturated/α-hetero) is 1. The Bertz CT molecular complexity index is 705. The van der Waals surface area contributed by atoms with E-state index in [1.165, 1.54) is 19.3 Å². The minimum Gasteiger partial charge on any atom is -0.497 e. The maximum atomic E-state index is 12.6. The third-order valence-corrected chi connectivity index (χ3v) is 5.11. The van der Waals surface area contributed by atoms with Gasteiger partial charge in [-0.2, -0.15) is 0 Å². The first-order valence-corrected chi connectivity index (χ1v) is 9.33. The van der Waals surface area contributed by atoms with Gasteiger partial charge in [-0.1, -0.05) is 19.3 Å². The lowest BCUT2D eigenvalue weighted by atomic mass is 9.86. The number of rotatable bonds is 3. The number of aryl methyl sites for hydroxylation is 1. The molecule has 2 aliphatic rings. The average Bonchev–Trinajstić information content (AvgIpc) is 3.34. The second-order valence-corrected chi connectivity index (χ2v) is 6.87. The molecule has 2 fully saturated rings. The zero-order valence-corrected chi connectivity index (χ0v) is 15.3. The van der Waals surface area contributed by atoms with Gasteiger partial charge in [0, 0.05) is 32.2 Å². The number of fused-ring (bicyclic) bond motifs is 1. The molecule has 1 aromatic heterocycles. The number of ketones is 1. The summed E-state index contributed by atoms with van der Waals surface area (Å²) in [6.45, 7) is 2.00. The number of aromatic nitrogens is 2. The molecule has 1 saturated carbocycles. The van der Waals surface area contributed by atoms with Crippen LogP contribution in [0, 0.1) is 5.92 Å². The van der Waals surface area contributed by atoms with Crippen LogP contribution in [-0.2, 0) is 11.8 Å². The molecular weight excluding hydrogens is 316 g/mol. The summed E-state index contributed by atoms with van der Waals surface area (Å²) in [6, 6.07) is 5.72. The summed E-state index contributed by atoms with van der Waals surface area (Å²) in [7, 11) is 3.55. The molecule has 5 heteroatoms. The van der Waals surface area contributed by atoms with E-state index in [0.29, 0.717) is 5.82 Å². The van der Waals surface area contributed by atoms with Crippen molar-refractivity contribution in [1.29, 1.82) is 0 Å². The monoisotopic (exact) mass is 344 g/mol. The number of carbonyl (C=O) groups excluding carboxylic acids is 1. The fraction of sp³-hybridized carbons (Fsp3) is 0.600. The Kier molecular flexibility index (Phi) is 6.08. The molecule has 0 bridgehead atoms. The number of imidazole rings is 1. The van der Waals surface area contributed by atoms with Crippen LogP contribution in [0.5, 0.6) is 5.75 Å². The van der Waals surface area contributed by atoms with Crippen molar-refractivity contribution in [2.75, 3.05) is 20.3 Å². The summed E-state index contributed by atoms with van der Waals surface area (Å²) in [4.78, 5) is 17.2. The first-order valence-electron chi connectivity index (χ1n) is 9.33. The molecule has 0 amide bonds. The van der Waals surface area contributed by atoms with Gasteiger partial charge in [-0.25, -0.2) is 4.98 Å². The summed E-state index contributed by atoms with van der Waals surface area (Å²) in [5, 5.41) is 0. The highest BCUT2D eigenvalue weighted by Gasteiger charge is 2.26. The Labute approximate surface area is 149 Å². The number of ether oxygens (including phenoxy) is 2. The van der Waals surface area contributed by atoms with E-state index in [0.717, 1.165) is 55.7 Å². The van der Waals surface area contributed by atoms with Crippen molar-refractivity contribution in [3.05, 3.63) is 24.0 Å². The second-order valence-electron chi connectivity index (χ2n) is 6.87. The van der Waals surface area contributed by atoms with E-state index >= 15 is 0 Å². The van der Waals surface area contributed by atoms with Crippen LogP contribution in [-0.4, -0.2) is 35.7 Å². The van der Waals surface area contributed by atoms with Crippen LogP contribution in [0.2, 0.25) is 0 Å². The molecule has 2 heterocycles. The molecule has 0 unspecified atom stereocenters. The normalized spacial score (nSPS) is 18.0. The predicted molar refractivity (Wildman–Crippen MR) is 98.2 cm³/mol. The number of nitrogens with zero attached hydrogens (tertiary/aromatic N) is 2. The fourth-order valence-electron chi connectivity index (χ4n) is 3.57. The number of hydrogen-bond acceptors (Lipinski definition) is 4. The molecule has 1 saturated heterocycles. The van der Waals surface area contributed by atoms with E-state index in [1.807, 2.05) is 29.8 Å². The Morgan fingerprint density at radius 1 is 1.16 bits per heavy atom. The van der Waals surface area contributed by atoms with Gasteiger partial charge in [0.05, 0.1) is 18.1 Å². The zero-order chi connectivity index (χ0) is 17.6. The van der Waals surface area contributed by atoms with Gasteiger partial charge >= 0.3 is 0 Å². The van der Waals surface area contributed by atoms with Gasteiger partial charge in [0.1, 0.15) is 5.75 Å². The first kappa shape index (κ1) is 17.9. The summed E-state index contributed by atoms with van der Waals surface area (Å²) in [5.41, 5.74) is 1.80. The molecule has 5 nitrogen and oxygen atoms in total. The van der Waals surface area contributed by atoms with Gasteiger partial charge in [0.15, 0.2) is 5.82 Å². The Morgan fingerprint density at radius 2 is 1.88 bits per heavy atom. The first-order chi connectivity index (χ1) is 12.2.